The van der Waals surface area contributed by atoms with Crippen LogP contribution in [0.2, 0.25) is 0 Å². The standard InChI is InChI=1S/C12H16ClNO3/c1-17-8-10(7-13)14-12(16)6-9-3-2-4-11(15)5-9/h2-5,10,15H,6-8H2,1H3,(H,14,16). The Kier molecular flexibility index (Phi) is 5.80. The SMILES string of the molecule is COCC(CCl)NC(=O)Cc1cccc(O)c1. The lowest BCUT2D eigenvalue weighted by atomic mass is 10.1. The van der Waals surface area contributed by atoms with E-state index in [1.807, 2.05) is 0 Å². The quantitative estimate of drug-likeness (QED) is 0.756. The van der Waals surface area contributed by atoms with E-state index < -0.39 is 0 Å². The summed E-state index contributed by atoms with van der Waals surface area (Å²) in [4.78, 5) is 11.7. The van der Waals surface area contributed by atoms with Gasteiger partial charge in [0.05, 0.1) is 19.1 Å². The molecule has 1 aromatic carbocycles. The van der Waals surface area contributed by atoms with E-state index >= 15 is 0 Å². The van der Waals surface area contributed by atoms with E-state index in [9.17, 15) is 9.90 Å². The van der Waals surface area contributed by atoms with Crippen LogP contribution in [0.4, 0.5) is 0 Å². The number of phenolic OH excluding ortho intramolecular Hbond substituents is 1. The Hall–Kier alpha value is -1.26. The average Bonchev–Trinajstić information content (AvgIpc) is 2.28. The maximum atomic E-state index is 11.7. The lowest BCUT2D eigenvalue weighted by Crippen LogP contribution is -2.40. The zero-order valence-corrected chi connectivity index (χ0v) is 10.4. The van der Waals surface area contributed by atoms with Gasteiger partial charge in [-0.2, -0.15) is 0 Å². The Morgan fingerprint density at radius 3 is 2.94 bits per heavy atom. The van der Waals surface area contributed by atoms with E-state index in [0.717, 1.165) is 5.56 Å². The van der Waals surface area contributed by atoms with Crippen LogP contribution in [-0.2, 0) is 16.0 Å². The number of halogens is 1. The van der Waals surface area contributed by atoms with Crippen LogP contribution in [0.15, 0.2) is 24.3 Å². The van der Waals surface area contributed by atoms with Crippen LogP contribution in [0.3, 0.4) is 0 Å². The third kappa shape index (κ3) is 5.06. The van der Waals surface area contributed by atoms with Crippen LogP contribution in [0.1, 0.15) is 5.56 Å². The molecule has 17 heavy (non-hydrogen) atoms. The van der Waals surface area contributed by atoms with Gasteiger partial charge in [0, 0.05) is 13.0 Å². The fraction of sp³-hybridized carbons (Fsp3) is 0.417. The molecule has 0 aliphatic rings. The first-order chi connectivity index (χ1) is 8.15. The molecule has 0 aliphatic carbocycles. The fourth-order valence-electron chi connectivity index (χ4n) is 1.46. The number of alkyl halides is 1. The molecule has 2 N–H and O–H groups in total. The summed E-state index contributed by atoms with van der Waals surface area (Å²) in [6.45, 7) is 0.384. The number of hydrogen-bond acceptors (Lipinski definition) is 3. The van der Waals surface area contributed by atoms with Gasteiger partial charge < -0.3 is 15.2 Å². The molecule has 1 amide bonds. The van der Waals surface area contributed by atoms with Gasteiger partial charge in [0.15, 0.2) is 0 Å². The second-order valence-electron chi connectivity index (χ2n) is 3.72. The zero-order chi connectivity index (χ0) is 12.7. The Morgan fingerprint density at radius 1 is 1.59 bits per heavy atom. The zero-order valence-electron chi connectivity index (χ0n) is 9.65. The second-order valence-corrected chi connectivity index (χ2v) is 4.03. The van der Waals surface area contributed by atoms with Crippen molar-refractivity contribution in [3.05, 3.63) is 29.8 Å². The van der Waals surface area contributed by atoms with Gasteiger partial charge in [-0.05, 0) is 17.7 Å². The number of carbonyl (C=O) groups is 1. The van der Waals surface area contributed by atoms with Crippen molar-refractivity contribution in [1.29, 1.82) is 0 Å². The number of ether oxygens (including phenoxy) is 1. The molecule has 0 fully saturated rings. The highest BCUT2D eigenvalue weighted by molar-refractivity contribution is 6.18. The highest BCUT2D eigenvalue weighted by atomic mass is 35.5. The predicted molar refractivity (Wildman–Crippen MR) is 66.3 cm³/mol. The van der Waals surface area contributed by atoms with E-state index in [1.165, 1.54) is 0 Å². The fourth-order valence-corrected chi connectivity index (χ4v) is 1.62. The molecule has 0 aliphatic heterocycles. The molecular weight excluding hydrogens is 242 g/mol. The Bertz CT molecular complexity index is 371. The van der Waals surface area contributed by atoms with Gasteiger partial charge in [0.1, 0.15) is 5.75 Å². The van der Waals surface area contributed by atoms with Crippen molar-refractivity contribution in [3.63, 3.8) is 0 Å². The molecule has 0 aromatic heterocycles. The van der Waals surface area contributed by atoms with E-state index in [-0.39, 0.29) is 24.1 Å². The molecule has 0 spiro atoms. The molecule has 1 rings (SSSR count). The summed E-state index contributed by atoms with van der Waals surface area (Å²) in [5.74, 6) is 0.318. The van der Waals surface area contributed by atoms with E-state index in [4.69, 9.17) is 16.3 Å². The minimum Gasteiger partial charge on any atom is -0.508 e. The van der Waals surface area contributed by atoms with Crippen LogP contribution in [0, 0.1) is 0 Å². The van der Waals surface area contributed by atoms with Gasteiger partial charge in [-0.1, -0.05) is 12.1 Å². The molecule has 5 heteroatoms. The lowest BCUT2D eigenvalue weighted by molar-refractivity contribution is -0.121. The van der Waals surface area contributed by atoms with Crippen LogP contribution in [0.25, 0.3) is 0 Å². The molecule has 0 heterocycles. The van der Waals surface area contributed by atoms with Crippen molar-refractivity contribution in [2.24, 2.45) is 0 Å². The topological polar surface area (TPSA) is 58.6 Å². The van der Waals surface area contributed by atoms with Crippen LogP contribution < -0.4 is 5.32 Å². The molecule has 0 bridgehead atoms. The molecule has 0 radical (unpaired) electrons. The van der Waals surface area contributed by atoms with E-state index in [2.05, 4.69) is 5.32 Å². The van der Waals surface area contributed by atoms with Crippen molar-refractivity contribution in [1.82, 2.24) is 5.32 Å². The Morgan fingerprint density at radius 2 is 2.35 bits per heavy atom. The third-order valence-corrected chi connectivity index (χ3v) is 2.57. The highest BCUT2D eigenvalue weighted by Crippen LogP contribution is 2.11. The summed E-state index contributed by atoms with van der Waals surface area (Å²) in [5, 5.41) is 12.0. The number of amides is 1. The lowest BCUT2D eigenvalue weighted by Gasteiger charge is -2.14. The molecule has 0 saturated heterocycles. The minimum atomic E-state index is -0.188. The number of benzene rings is 1. The van der Waals surface area contributed by atoms with Gasteiger partial charge in [-0.15, -0.1) is 11.6 Å². The van der Waals surface area contributed by atoms with Crippen molar-refractivity contribution < 1.29 is 14.6 Å². The number of methoxy groups -OCH3 is 1. The molecule has 0 saturated carbocycles. The first-order valence-electron chi connectivity index (χ1n) is 5.28. The van der Waals surface area contributed by atoms with Gasteiger partial charge in [-0.3, -0.25) is 4.79 Å². The van der Waals surface area contributed by atoms with Gasteiger partial charge in [0.2, 0.25) is 5.91 Å². The molecule has 4 nitrogen and oxygen atoms in total. The van der Waals surface area contributed by atoms with Crippen LogP contribution in [0.5, 0.6) is 5.75 Å². The summed E-state index contributed by atoms with van der Waals surface area (Å²) in [6, 6.07) is 6.42. The van der Waals surface area contributed by atoms with Gasteiger partial charge in [-0.25, -0.2) is 0 Å². The first-order valence-corrected chi connectivity index (χ1v) is 5.81. The predicted octanol–water partition coefficient (Wildman–Crippen LogP) is 1.30. The van der Waals surface area contributed by atoms with Crippen molar-refractivity contribution in [2.45, 2.75) is 12.5 Å². The summed E-state index contributed by atoms with van der Waals surface area (Å²) < 4.78 is 4.93. The molecule has 94 valence electrons. The summed E-state index contributed by atoms with van der Waals surface area (Å²) in [5.41, 5.74) is 0.758. The summed E-state index contributed by atoms with van der Waals surface area (Å²) in [7, 11) is 1.56. The molecule has 1 aromatic rings. The molecule has 1 unspecified atom stereocenters. The largest absolute Gasteiger partial charge is 0.508 e. The average molecular weight is 258 g/mol. The highest BCUT2D eigenvalue weighted by Gasteiger charge is 2.11. The van der Waals surface area contributed by atoms with Crippen molar-refractivity contribution in [2.75, 3.05) is 19.6 Å². The monoisotopic (exact) mass is 257 g/mol. The molecular formula is C12H16ClNO3. The maximum Gasteiger partial charge on any atom is 0.224 e. The number of phenols is 1. The minimum absolute atomic E-state index is 0.140. The first kappa shape index (κ1) is 13.8. The third-order valence-electron chi connectivity index (χ3n) is 2.19. The number of carbonyl (C=O) groups excluding carboxylic acids is 1. The summed E-state index contributed by atoms with van der Waals surface area (Å²) in [6.07, 6.45) is 0.214. The van der Waals surface area contributed by atoms with Crippen LogP contribution in [-0.4, -0.2) is 36.7 Å². The molecule has 1 atom stereocenters. The van der Waals surface area contributed by atoms with Crippen LogP contribution >= 0.6 is 11.6 Å². The van der Waals surface area contributed by atoms with E-state index in [0.29, 0.717) is 12.5 Å². The number of aromatic hydroxyl groups is 1. The maximum absolute atomic E-state index is 11.7. The number of hydrogen-bond donors (Lipinski definition) is 2. The van der Waals surface area contributed by atoms with Crippen molar-refractivity contribution >= 4 is 17.5 Å². The van der Waals surface area contributed by atoms with Gasteiger partial charge >= 0.3 is 0 Å². The summed E-state index contributed by atoms with van der Waals surface area (Å²) >= 11 is 5.68. The number of rotatable bonds is 6. The Labute approximate surface area is 106 Å². The smallest absolute Gasteiger partial charge is 0.224 e. The Balaban J connectivity index is 2.49. The number of nitrogens with one attached hydrogen (secondary N) is 1. The van der Waals surface area contributed by atoms with E-state index in [1.54, 1.807) is 31.4 Å². The normalized spacial score (nSPS) is 12.1. The van der Waals surface area contributed by atoms with Gasteiger partial charge in [0.25, 0.3) is 0 Å². The van der Waals surface area contributed by atoms with Crippen molar-refractivity contribution in [3.8, 4) is 5.75 Å². The second kappa shape index (κ2) is 7.14.